The molecule has 3 aromatic rings. The lowest BCUT2D eigenvalue weighted by Crippen LogP contribution is -2.28. The molecule has 0 atom stereocenters. The van der Waals surface area contributed by atoms with Crippen molar-refractivity contribution in [1.82, 2.24) is 4.90 Å². The van der Waals surface area contributed by atoms with Crippen molar-refractivity contribution in [3.63, 3.8) is 0 Å². The first kappa shape index (κ1) is 21.1. The predicted molar refractivity (Wildman–Crippen MR) is 121 cm³/mol. The van der Waals surface area contributed by atoms with Gasteiger partial charge in [-0.05, 0) is 36.0 Å². The van der Waals surface area contributed by atoms with Gasteiger partial charge < -0.3 is 9.52 Å². The van der Waals surface area contributed by atoms with Crippen LogP contribution in [0.5, 0.6) is 5.75 Å². The molecule has 0 radical (unpaired) electrons. The van der Waals surface area contributed by atoms with E-state index in [2.05, 4.69) is 10.2 Å². The number of nitro groups is 1. The highest BCUT2D eigenvalue weighted by atomic mass is 32.2. The second-order valence-electron chi connectivity index (χ2n) is 6.62. The Morgan fingerprint density at radius 2 is 2.00 bits per heavy atom. The van der Waals surface area contributed by atoms with Gasteiger partial charge in [0.25, 0.3) is 11.6 Å². The summed E-state index contributed by atoms with van der Waals surface area (Å²) < 4.78 is 5.35. The molecule has 1 amide bonds. The van der Waals surface area contributed by atoms with Crippen molar-refractivity contribution in [1.29, 1.82) is 0 Å². The van der Waals surface area contributed by atoms with E-state index in [0.717, 1.165) is 11.8 Å². The SMILES string of the molecule is O=C1/C(=C/c2ccccc2O)S/C(=N\N=C\c2cccc([N+](=O)[O-])c2)N1Cc1ccco1. The number of nitro benzene ring substituents is 1. The maximum Gasteiger partial charge on any atom is 0.270 e. The number of hydrogen-bond donors (Lipinski definition) is 1. The van der Waals surface area contributed by atoms with E-state index in [1.54, 1.807) is 48.5 Å². The molecular weight excluding hydrogens is 432 g/mol. The number of non-ortho nitro benzene ring substituents is 1. The van der Waals surface area contributed by atoms with Crippen LogP contribution in [0.4, 0.5) is 5.69 Å². The van der Waals surface area contributed by atoms with E-state index in [9.17, 15) is 20.0 Å². The number of furan rings is 1. The van der Waals surface area contributed by atoms with Crippen LogP contribution in [-0.2, 0) is 11.3 Å². The molecule has 2 heterocycles. The summed E-state index contributed by atoms with van der Waals surface area (Å²) in [5, 5.41) is 29.4. The Kier molecular flexibility index (Phi) is 6.13. The first-order chi connectivity index (χ1) is 15.5. The van der Waals surface area contributed by atoms with E-state index in [1.807, 2.05) is 0 Å². The largest absolute Gasteiger partial charge is 0.507 e. The lowest BCUT2D eigenvalue weighted by atomic mass is 10.2. The number of benzene rings is 2. The van der Waals surface area contributed by atoms with Gasteiger partial charge in [0.15, 0.2) is 5.17 Å². The van der Waals surface area contributed by atoms with Gasteiger partial charge in [0.05, 0.1) is 28.9 Å². The molecule has 1 aliphatic rings. The normalized spacial score (nSPS) is 16.5. The number of carbonyl (C=O) groups is 1. The van der Waals surface area contributed by atoms with Crippen LogP contribution in [0.25, 0.3) is 6.08 Å². The van der Waals surface area contributed by atoms with Crippen molar-refractivity contribution in [3.05, 3.63) is 98.8 Å². The van der Waals surface area contributed by atoms with Crippen LogP contribution < -0.4 is 0 Å². The minimum atomic E-state index is -0.490. The van der Waals surface area contributed by atoms with E-state index in [-0.39, 0.29) is 23.9 Å². The zero-order valence-electron chi connectivity index (χ0n) is 16.5. The molecule has 4 rings (SSSR count). The molecule has 9 nitrogen and oxygen atoms in total. The maximum absolute atomic E-state index is 13.0. The third kappa shape index (κ3) is 4.76. The minimum absolute atomic E-state index is 0.0556. The van der Waals surface area contributed by atoms with Crippen molar-refractivity contribution in [3.8, 4) is 5.75 Å². The average Bonchev–Trinajstić information content (AvgIpc) is 3.40. The summed E-state index contributed by atoms with van der Waals surface area (Å²) in [7, 11) is 0. The van der Waals surface area contributed by atoms with Gasteiger partial charge in [0, 0.05) is 23.3 Å². The Bertz CT molecular complexity index is 1250. The quantitative estimate of drug-likeness (QED) is 0.258. The van der Waals surface area contributed by atoms with E-state index in [0.29, 0.717) is 27.0 Å². The Hall–Kier alpha value is -4.18. The Balaban J connectivity index is 1.63. The summed E-state index contributed by atoms with van der Waals surface area (Å²) in [5.74, 6) is 0.317. The summed E-state index contributed by atoms with van der Waals surface area (Å²) in [6.45, 7) is 0.155. The lowest BCUT2D eigenvalue weighted by molar-refractivity contribution is -0.384. The molecule has 1 N–H and O–H groups in total. The second-order valence-corrected chi connectivity index (χ2v) is 7.63. The number of amides is 1. The predicted octanol–water partition coefficient (Wildman–Crippen LogP) is 4.40. The Labute approximate surface area is 186 Å². The first-order valence-corrected chi connectivity index (χ1v) is 10.2. The van der Waals surface area contributed by atoms with Gasteiger partial charge in [-0.3, -0.25) is 19.8 Å². The molecular formula is C22H16N4O5S. The van der Waals surface area contributed by atoms with Gasteiger partial charge in [0.1, 0.15) is 11.5 Å². The number of rotatable bonds is 6. The zero-order valence-corrected chi connectivity index (χ0v) is 17.3. The number of hydrogen-bond acceptors (Lipinski definition) is 8. The van der Waals surface area contributed by atoms with E-state index >= 15 is 0 Å². The maximum atomic E-state index is 13.0. The fraction of sp³-hybridized carbons (Fsp3) is 0.0455. The van der Waals surface area contributed by atoms with Crippen molar-refractivity contribution < 1.29 is 19.2 Å². The minimum Gasteiger partial charge on any atom is -0.507 e. The molecule has 1 aliphatic heterocycles. The number of phenolic OH excluding ortho intramolecular Hbond substituents is 1. The van der Waals surface area contributed by atoms with Gasteiger partial charge in [-0.2, -0.15) is 5.10 Å². The highest BCUT2D eigenvalue weighted by molar-refractivity contribution is 8.18. The molecule has 0 aliphatic carbocycles. The highest BCUT2D eigenvalue weighted by Crippen LogP contribution is 2.35. The topological polar surface area (TPSA) is 122 Å². The summed E-state index contributed by atoms with van der Waals surface area (Å²) in [4.78, 5) is 25.2. The van der Waals surface area contributed by atoms with Gasteiger partial charge >= 0.3 is 0 Å². The number of thioether (sulfide) groups is 1. The molecule has 0 unspecified atom stereocenters. The van der Waals surface area contributed by atoms with Crippen LogP contribution in [0.1, 0.15) is 16.9 Å². The van der Waals surface area contributed by atoms with Crippen LogP contribution in [-0.4, -0.2) is 32.2 Å². The lowest BCUT2D eigenvalue weighted by Gasteiger charge is -2.12. The summed E-state index contributed by atoms with van der Waals surface area (Å²) in [6, 6.07) is 16.1. The molecule has 2 aromatic carbocycles. The zero-order chi connectivity index (χ0) is 22.5. The van der Waals surface area contributed by atoms with Crippen LogP contribution in [0.2, 0.25) is 0 Å². The molecule has 0 bridgehead atoms. The standard InChI is InChI=1S/C22H16N4O5S/c27-19-9-2-1-6-16(19)12-20-21(28)25(14-18-8-4-10-31-18)22(32-20)24-23-13-15-5-3-7-17(11-15)26(29)30/h1-13,27H,14H2/b20-12-,23-13+,24-22-. The monoisotopic (exact) mass is 448 g/mol. The third-order valence-electron chi connectivity index (χ3n) is 4.44. The number of carbonyl (C=O) groups excluding carboxylic acids is 1. The van der Waals surface area contributed by atoms with E-state index < -0.39 is 4.92 Å². The van der Waals surface area contributed by atoms with E-state index in [4.69, 9.17) is 4.42 Å². The van der Waals surface area contributed by atoms with Gasteiger partial charge in [-0.1, -0.05) is 30.3 Å². The number of para-hydroxylation sites is 1. The number of phenols is 1. The van der Waals surface area contributed by atoms with Crippen molar-refractivity contribution >= 4 is 40.8 Å². The van der Waals surface area contributed by atoms with Crippen LogP contribution in [0.15, 0.2) is 86.5 Å². The molecule has 32 heavy (non-hydrogen) atoms. The molecule has 0 saturated carbocycles. The summed E-state index contributed by atoms with van der Waals surface area (Å²) in [5.41, 5.74) is 0.947. The van der Waals surface area contributed by atoms with Crippen molar-refractivity contribution in [2.24, 2.45) is 10.2 Å². The van der Waals surface area contributed by atoms with Crippen LogP contribution in [0, 0.1) is 10.1 Å². The Morgan fingerprint density at radius 1 is 1.16 bits per heavy atom. The number of amidine groups is 1. The fourth-order valence-electron chi connectivity index (χ4n) is 2.89. The number of nitrogens with zero attached hydrogens (tertiary/aromatic N) is 4. The van der Waals surface area contributed by atoms with Crippen molar-refractivity contribution in [2.75, 3.05) is 0 Å². The van der Waals surface area contributed by atoms with E-state index in [1.165, 1.54) is 35.6 Å². The Morgan fingerprint density at radius 3 is 2.75 bits per heavy atom. The summed E-state index contributed by atoms with van der Waals surface area (Å²) in [6.07, 6.45) is 4.48. The first-order valence-electron chi connectivity index (χ1n) is 9.38. The average molecular weight is 448 g/mol. The molecule has 1 aromatic heterocycles. The smallest absolute Gasteiger partial charge is 0.270 e. The van der Waals surface area contributed by atoms with Crippen molar-refractivity contribution in [2.45, 2.75) is 6.54 Å². The van der Waals surface area contributed by atoms with Gasteiger partial charge in [-0.15, -0.1) is 5.10 Å². The fourth-order valence-corrected chi connectivity index (χ4v) is 3.82. The van der Waals surface area contributed by atoms with Crippen LogP contribution >= 0.6 is 11.8 Å². The molecule has 1 fully saturated rings. The molecule has 10 heteroatoms. The van der Waals surface area contributed by atoms with Gasteiger partial charge in [0.2, 0.25) is 0 Å². The summed E-state index contributed by atoms with van der Waals surface area (Å²) >= 11 is 1.11. The second kappa shape index (κ2) is 9.31. The molecule has 1 saturated heterocycles. The van der Waals surface area contributed by atoms with Crippen LogP contribution in [0.3, 0.4) is 0 Å². The number of aromatic hydroxyl groups is 1. The third-order valence-corrected chi connectivity index (χ3v) is 5.43. The molecule has 160 valence electrons. The molecule has 0 spiro atoms. The van der Waals surface area contributed by atoms with Gasteiger partial charge in [-0.25, -0.2) is 0 Å². The highest BCUT2D eigenvalue weighted by Gasteiger charge is 2.34.